The number of benzene rings is 2. The van der Waals surface area contributed by atoms with E-state index in [1.54, 1.807) is 61.5 Å². The van der Waals surface area contributed by atoms with Crippen molar-refractivity contribution in [1.29, 1.82) is 0 Å². The van der Waals surface area contributed by atoms with Gasteiger partial charge in [0.1, 0.15) is 0 Å². The lowest BCUT2D eigenvalue weighted by molar-refractivity contribution is -0.114. The molecule has 0 heterocycles. The van der Waals surface area contributed by atoms with Crippen molar-refractivity contribution in [1.82, 2.24) is 9.80 Å². The summed E-state index contributed by atoms with van der Waals surface area (Å²) in [4.78, 5) is 40.0. The molecule has 0 fully saturated rings. The molecule has 0 saturated heterocycles. The second-order valence-electron chi connectivity index (χ2n) is 6.74. The number of carbonyl (C=O) groups is 3. The Kier molecular flexibility index (Phi) is 7.77. The Bertz CT molecular complexity index is 876. The van der Waals surface area contributed by atoms with Crippen molar-refractivity contribution in [2.75, 3.05) is 44.4 Å². The fourth-order valence-electron chi connectivity index (χ4n) is 2.83. The van der Waals surface area contributed by atoms with Gasteiger partial charge in [0.15, 0.2) is 0 Å². The topological polar surface area (TPSA) is 81.8 Å². The summed E-state index contributed by atoms with van der Waals surface area (Å²) in [6, 6.07) is 13.9. The first-order chi connectivity index (χ1) is 13.8. The third-order valence-electron chi connectivity index (χ3n) is 4.41. The summed E-state index contributed by atoms with van der Waals surface area (Å²) in [6.07, 6.45) is 0. The Labute approximate surface area is 171 Å². The molecule has 2 aromatic carbocycles. The molecule has 2 rings (SSSR count). The van der Waals surface area contributed by atoms with Gasteiger partial charge < -0.3 is 20.4 Å². The average molecular weight is 396 g/mol. The standard InChI is InChI=1S/C22H28N4O3/c1-5-26(6-2)22(29)17-10-7-11-18(13-17)23-15-20(27)24-19-12-8-9-16(14-19)21(28)25(3)4/h7-14,23H,5-6,15H2,1-4H3,(H,24,27). The minimum Gasteiger partial charge on any atom is -0.376 e. The maximum absolute atomic E-state index is 12.5. The molecule has 0 aromatic heterocycles. The highest BCUT2D eigenvalue weighted by Crippen LogP contribution is 2.14. The van der Waals surface area contributed by atoms with Crippen LogP contribution in [0.4, 0.5) is 11.4 Å². The molecule has 0 unspecified atom stereocenters. The van der Waals surface area contributed by atoms with Crippen LogP contribution in [0.2, 0.25) is 0 Å². The van der Waals surface area contributed by atoms with E-state index in [0.717, 1.165) is 0 Å². The van der Waals surface area contributed by atoms with Gasteiger partial charge in [-0.2, -0.15) is 0 Å². The molecule has 3 amide bonds. The fourth-order valence-corrected chi connectivity index (χ4v) is 2.83. The summed E-state index contributed by atoms with van der Waals surface area (Å²) >= 11 is 0. The predicted octanol–water partition coefficient (Wildman–Crippen LogP) is 2.92. The van der Waals surface area contributed by atoms with E-state index < -0.39 is 0 Å². The van der Waals surface area contributed by atoms with Crippen molar-refractivity contribution in [2.24, 2.45) is 0 Å². The third-order valence-corrected chi connectivity index (χ3v) is 4.41. The zero-order valence-electron chi connectivity index (χ0n) is 17.4. The van der Waals surface area contributed by atoms with Crippen molar-refractivity contribution < 1.29 is 14.4 Å². The van der Waals surface area contributed by atoms with Gasteiger partial charge in [0.05, 0.1) is 6.54 Å². The summed E-state index contributed by atoms with van der Waals surface area (Å²) in [5.41, 5.74) is 2.32. The van der Waals surface area contributed by atoms with Crippen molar-refractivity contribution in [3.63, 3.8) is 0 Å². The van der Waals surface area contributed by atoms with Crippen LogP contribution in [-0.2, 0) is 4.79 Å². The molecule has 0 saturated carbocycles. The van der Waals surface area contributed by atoms with Crippen LogP contribution in [0.25, 0.3) is 0 Å². The summed E-state index contributed by atoms with van der Waals surface area (Å²) in [6.45, 7) is 5.20. The van der Waals surface area contributed by atoms with Gasteiger partial charge in [-0.25, -0.2) is 0 Å². The Balaban J connectivity index is 1.98. The van der Waals surface area contributed by atoms with Gasteiger partial charge in [0, 0.05) is 49.7 Å². The molecule has 2 aromatic rings. The molecule has 7 heteroatoms. The lowest BCUT2D eigenvalue weighted by Gasteiger charge is -2.19. The lowest BCUT2D eigenvalue weighted by atomic mass is 10.1. The zero-order valence-corrected chi connectivity index (χ0v) is 17.4. The number of hydrogen-bond donors (Lipinski definition) is 2. The smallest absolute Gasteiger partial charge is 0.253 e. The Morgan fingerprint density at radius 3 is 1.97 bits per heavy atom. The average Bonchev–Trinajstić information content (AvgIpc) is 2.72. The second kappa shape index (κ2) is 10.3. The number of nitrogens with one attached hydrogen (secondary N) is 2. The van der Waals surface area contributed by atoms with E-state index in [9.17, 15) is 14.4 Å². The summed E-state index contributed by atoms with van der Waals surface area (Å²) in [5.74, 6) is -0.417. The maximum atomic E-state index is 12.5. The minimum atomic E-state index is -0.250. The quantitative estimate of drug-likeness (QED) is 0.719. The highest BCUT2D eigenvalue weighted by Gasteiger charge is 2.13. The number of nitrogens with zero attached hydrogens (tertiary/aromatic N) is 2. The SMILES string of the molecule is CCN(CC)C(=O)c1cccc(NCC(=O)Nc2cccc(C(=O)N(C)C)c2)c1. The van der Waals surface area contributed by atoms with E-state index in [2.05, 4.69) is 10.6 Å². The van der Waals surface area contributed by atoms with Gasteiger partial charge in [-0.1, -0.05) is 12.1 Å². The molecule has 0 radical (unpaired) electrons. The largest absolute Gasteiger partial charge is 0.376 e. The summed E-state index contributed by atoms with van der Waals surface area (Å²) < 4.78 is 0. The number of anilines is 2. The zero-order chi connectivity index (χ0) is 21.4. The molecule has 154 valence electrons. The van der Waals surface area contributed by atoms with Crippen molar-refractivity contribution >= 4 is 29.1 Å². The van der Waals surface area contributed by atoms with Crippen LogP contribution in [0.15, 0.2) is 48.5 Å². The molecule has 29 heavy (non-hydrogen) atoms. The summed E-state index contributed by atoms with van der Waals surface area (Å²) in [7, 11) is 3.35. The fraction of sp³-hybridized carbons (Fsp3) is 0.318. The normalized spacial score (nSPS) is 10.2. The lowest BCUT2D eigenvalue weighted by Crippen LogP contribution is -2.30. The van der Waals surface area contributed by atoms with Gasteiger partial charge in [0.25, 0.3) is 11.8 Å². The van der Waals surface area contributed by atoms with E-state index in [-0.39, 0.29) is 24.3 Å². The van der Waals surface area contributed by atoms with Crippen LogP contribution in [0, 0.1) is 0 Å². The van der Waals surface area contributed by atoms with Crippen LogP contribution in [0.1, 0.15) is 34.6 Å². The monoisotopic (exact) mass is 396 g/mol. The molecule has 0 aliphatic carbocycles. The summed E-state index contributed by atoms with van der Waals surface area (Å²) in [5, 5.41) is 5.81. The first kappa shape index (κ1) is 21.9. The van der Waals surface area contributed by atoms with Crippen LogP contribution in [-0.4, -0.2) is 61.3 Å². The van der Waals surface area contributed by atoms with Crippen LogP contribution in [0.3, 0.4) is 0 Å². The molecule has 0 spiro atoms. The van der Waals surface area contributed by atoms with E-state index in [4.69, 9.17) is 0 Å². The van der Waals surface area contributed by atoms with E-state index >= 15 is 0 Å². The molecule has 2 N–H and O–H groups in total. The van der Waals surface area contributed by atoms with Crippen LogP contribution >= 0.6 is 0 Å². The molecular formula is C22H28N4O3. The third kappa shape index (κ3) is 6.07. The molecule has 0 aliphatic heterocycles. The van der Waals surface area contributed by atoms with E-state index in [0.29, 0.717) is 35.6 Å². The van der Waals surface area contributed by atoms with Gasteiger partial charge in [0.2, 0.25) is 5.91 Å². The van der Waals surface area contributed by atoms with Gasteiger partial charge in [-0.15, -0.1) is 0 Å². The Hall–Kier alpha value is -3.35. The Morgan fingerprint density at radius 2 is 1.38 bits per heavy atom. The first-order valence-electron chi connectivity index (χ1n) is 9.60. The predicted molar refractivity (Wildman–Crippen MR) is 115 cm³/mol. The molecule has 0 aliphatic rings. The molecular weight excluding hydrogens is 368 g/mol. The van der Waals surface area contributed by atoms with E-state index in [1.807, 2.05) is 19.9 Å². The molecule has 0 atom stereocenters. The number of amides is 3. The number of hydrogen-bond acceptors (Lipinski definition) is 4. The minimum absolute atomic E-state index is 0.0365. The van der Waals surface area contributed by atoms with Gasteiger partial charge in [-0.3, -0.25) is 14.4 Å². The van der Waals surface area contributed by atoms with Crippen molar-refractivity contribution in [2.45, 2.75) is 13.8 Å². The number of rotatable bonds is 8. The van der Waals surface area contributed by atoms with Gasteiger partial charge in [-0.05, 0) is 50.2 Å². The highest BCUT2D eigenvalue weighted by molar-refractivity contribution is 5.98. The maximum Gasteiger partial charge on any atom is 0.253 e. The second-order valence-corrected chi connectivity index (χ2v) is 6.74. The van der Waals surface area contributed by atoms with Crippen molar-refractivity contribution in [3.8, 4) is 0 Å². The van der Waals surface area contributed by atoms with E-state index in [1.165, 1.54) is 4.90 Å². The molecule has 0 bridgehead atoms. The Morgan fingerprint density at radius 1 is 0.828 bits per heavy atom. The van der Waals surface area contributed by atoms with Crippen LogP contribution in [0.5, 0.6) is 0 Å². The van der Waals surface area contributed by atoms with Crippen molar-refractivity contribution in [3.05, 3.63) is 59.7 Å². The van der Waals surface area contributed by atoms with Gasteiger partial charge >= 0.3 is 0 Å². The van der Waals surface area contributed by atoms with Crippen LogP contribution < -0.4 is 10.6 Å². The highest BCUT2D eigenvalue weighted by atomic mass is 16.2. The molecule has 7 nitrogen and oxygen atoms in total. The number of carbonyl (C=O) groups excluding carboxylic acids is 3. The first-order valence-corrected chi connectivity index (χ1v) is 9.60.